The first-order chi connectivity index (χ1) is 12.6. The molecule has 4 rings (SSSR count). The minimum absolute atomic E-state index is 0.185. The van der Waals surface area contributed by atoms with E-state index in [-0.39, 0.29) is 11.2 Å². The molecular formula is C21H26FN3O. The molecule has 0 spiro atoms. The van der Waals surface area contributed by atoms with Gasteiger partial charge in [0.15, 0.2) is 0 Å². The van der Waals surface area contributed by atoms with E-state index in [2.05, 4.69) is 10.00 Å². The smallest absolute Gasteiger partial charge is 0.230 e. The number of halogens is 1. The molecular weight excluding hydrogens is 329 g/mol. The summed E-state index contributed by atoms with van der Waals surface area (Å²) in [4.78, 5) is 15.2. The Labute approximate surface area is 154 Å². The Balaban J connectivity index is 1.33. The lowest BCUT2D eigenvalue weighted by Crippen LogP contribution is -2.45. The second kappa shape index (κ2) is 7.22. The molecule has 2 aliphatic rings. The molecule has 138 valence electrons. The first-order valence-corrected chi connectivity index (χ1v) is 9.66. The van der Waals surface area contributed by atoms with Crippen molar-refractivity contribution in [3.8, 4) is 0 Å². The van der Waals surface area contributed by atoms with E-state index in [9.17, 15) is 9.18 Å². The summed E-state index contributed by atoms with van der Waals surface area (Å²) in [6.07, 6.45) is 9.93. The summed E-state index contributed by atoms with van der Waals surface area (Å²) in [5, 5.41) is 4.27. The van der Waals surface area contributed by atoms with Gasteiger partial charge in [0.1, 0.15) is 5.82 Å². The SMILES string of the molecule is O=C(N1CCC[C@@H](CCc2ccc(F)cc2)C1)C1(Cn2cccn2)CC1. The molecule has 2 aromatic rings. The summed E-state index contributed by atoms with van der Waals surface area (Å²) < 4.78 is 14.9. The largest absolute Gasteiger partial charge is 0.342 e. The van der Waals surface area contributed by atoms with Crippen LogP contribution in [0.1, 0.15) is 37.7 Å². The number of likely N-dealkylation sites (tertiary alicyclic amines) is 1. The molecule has 1 aliphatic carbocycles. The van der Waals surface area contributed by atoms with Crippen LogP contribution in [-0.4, -0.2) is 33.7 Å². The molecule has 0 bridgehead atoms. The standard InChI is InChI=1S/C21H26FN3O/c22-19-8-6-17(7-9-19)4-5-18-3-1-13-24(15-18)20(26)21(10-11-21)16-25-14-2-12-23-25/h2,6-9,12,14,18H,1,3-5,10-11,13,15-16H2/t18-/m0/s1. The monoisotopic (exact) mass is 355 g/mol. The highest BCUT2D eigenvalue weighted by Crippen LogP contribution is 2.49. The summed E-state index contributed by atoms with van der Waals surface area (Å²) in [7, 11) is 0. The van der Waals surface area contributed by atoms with Gasteiger partial charge in [-0.15, -0.1) is 0 Å². The van der Waals surface area contributed by atoms with Gasteiger partial charge in [0.25, 0.3) is 0 Å². The van der Waals surface area contributed by atoms with E-state index in [0.717, 1.165) is 45.2 Å². The number of hydrogen-bond donors (Lipinski definition) is 0. The van der Waals surface area contributed by atoms with Crippen molar-refractivity contribution in [3.05, 3.63) is 54.1 Å². The number of carbonyl (C=O) groups excluding carboxylic acids is 1. The number of piperidine rings is 1. The van der Waals surface area contributed by atoms with Crippen LogP contribution < -0.4 is 0 Å². The van der Waals surface area contributed by atoms with Crippen molar-refractivity contribution in [2.24, 2.45) is 11.3 Å². The third-order valence-electron chi connectivity index (χ3n) is 5.89. The minimum Gasteiger partial charge on any atom is -0.342 e. The van der Waals surface area contributed by atoms with Crippen LogP contribution in [-0.2, 0) is 17.8 Å². The first-order valence-electron chi connectivity index (χ1n) is 9.66. The number of carbonyl (C=O) groups is 1. The second-order valence-electron chi connectivity index (χ2n) is 7.91. The maximum Gasteiger partial charge on any atom is 0.230 e. The van der Waals surface area contributed by atoms with Crippen molar-refractivity contribution in [3.63, 3.8) is 0 Å². The summed E-state index contributed by atoms with van der Waals surface area (Å²) in [6, 6.07) is 8.69. The lowest BCUT2D eigenvalue weighted by atomic mass is 9.90. The molecule has 4 nitrogen and oxygen atoms in total. The quantitative estimate of drug-likeness (QED) is 0.793. The molecule has 1 saturated carbocycles. The molecule has 0 radical (unpaired) electrons. The van der Waals surface area contributed by atoms with Gasteiger partial charge in [0.05, 0.1) is 12.0 Å². The van der Waals surface area contributed by atoms with E-state index in [1.807, 2.05) is 29.1 Å². The van der Waals surface area contributed by atoms with Gasteiger partial charge >= 0.3 is 0 Å². The van der Waals surface area contributed by atoms with E-state index in [1.54, 1.807) is 6.20 Å². The van der Waals surface area contributed by atoms with Gasteiger partial charge in [-0.25, -0.2) is 4.39 Å². The predicted octanol–water partition coefficient (Wildman–Crippen LogP) is 3.67. The number of hydrogen-bond acceptors (Lipinski definition) is 2. The number of rotatable bonds is 6. The fraction of sp³-hybridized carbons (Fsp3) is 0.524. The Kier molecular flexibility index (Phi) is 4.79. The van der Waals surface area contributed by atoms with Gasteiger partial charge in [-0.2, -0.15) is 5.10 Å². The van der Waals surface area contributed by atoms with Crippen molar-refractivity contribution in [2.75, 3.05) is 13.1 Å². The third kappa shape index (κ3) is 3.81. The van der Waals surface area contributed by atoms with Crippen LogP contribution in [0, 0.1) is 17.2 Å². The van der Waals surface area contributed by atoms with Gasteiger partial charge < -0.3 is 4.90 Å². The Morgan fingerprint density at radius 3 is 2.77 bits per heavy atom. The van der Waals surface area contributed by atoms with Gasteiger partial charge in [-0.3, -0.25) is 9.48 Å². The number of amides is 1. The molecule has 1 aliphatic heterocycles. The molecule has 2 fully saturated rings. The highest BCUT2D eigenvalue weighted by molar-refractivity contribution is 5.85. The van der Waals surface area contributed by atoms with Gasteiger partial charge in [-0.1, -0.05) is 12.1 Å². The molecule has 1 aromatic heterocycles. The molecule has 0 N–H and O–H groups in total. The van der Waals surface area contributed by atoms with Crippen LogP contribution in [0.5, 0.6) is 0 Å². The zero-order valence-corrected chi connectivity index (χ0v) is 15.1. The zero-order valence-electron chi connectivity index (χ0n) is 15.1. The molecule has 1 aromatic carbocycles. The Morgan fingerprint density at radius 2 is 2.08 bits per heavy atom. The van der Waals surface area contributed by atoms with Crippen molar-refractivity contribution in [1.82, 2.24) is 14.7 Å². The van der Waals surface area contributed by atoms with Crippen LogP contribution in [0.15, 0.2) is 42.7 Å². The summed E-state index contributed by atoms with van der Waals surface area (Å²) in [5.41, 5.74) is 0.956. The summed E-state index contributed by atoms with van der Waals surface area (Å²) in [5.74, 6) is 0.674. The van der Waals surface area contributed by atoms with Gasteiger partial charge in [-0.05, 0) is 68.2 Å². The highest BCUT2D eigenvalue weighted by Gasteiger charge is 2.52. The van der Waals surface area contributed by atoms with E-state index in [0.29, 0.717) is 18.4 Å². The topological polar surface area (TPSA) is 38.1 Å². The number of aromatic nitrogens is 2. The lowest BCUT2D eigenvalue weighted by molar-refractivity contribution is -0.139. The third-order valence-corrected chi connectivity index (χ3v) is 5.89. The maximum absolute atomic E-state index is 13.1. The van der Waals surface area contributed by atoms with Gasteiger partial charge in [0, 0.05) is 25.5 Å². The summed E-state index contributed by atoms with van der Waals surface area (Å²) in [6.45, 7) is 2.45. The molecule has 26 heavy (non-hydrogen) atoms. The molecule has 5 heteroatoms. The maximum atomic E-state index is 13.1. The number of nitrogens with zero attached hydrogens (tertiary/aromatic N) is 3. The van der Waals surface area contributed by atoms with Crippen molar-refractivity contribution >= 4 is 5.91 Å². The van der Waals surface area contributed by atoms with Crippen LogP contribution in [0.3, 0.4) is 0 Å². The van der Waals surface area contributed by atoms with E-state index < -0.39 is 0 Å². The fourth-order valence-electron chi connectivity index (χ4n) is 4.14. The van der Waals surface area contributed by atoms with Crippen LogP contribution >= 0.6 is 0 Å². The predicted molar refractivity (Wildman–Crippen MR) is 97.9 cm³/mol. The molecule has 1 atom stereocenters. The number of aryl methyl sites for hydroxylation is 1. The molecule has 1 amide bonds. The number of benzene rings is 1. The van der Waals surface area contributed by atoms with Gasteiger partial charge in [0.2, 0.25) is 5.91 Å². The average Bonchev–Trinajstić information content (AvgIpc) is 3.26. The second-order valence-corrected chi connectivity index (χ2v) is 7.91. The Morgan fingerprint density at radius 1 is 1.27 bits per heavy atom. The van der Waals surface area contributed by atoms with Crippen molar-refractivity contribution < 1.29 is 9.18 Å². The first kappa shape index (κ1) is 17.3. The molecule has 2 heterocycles. The fourth-order valence-corrected chi connectivity index (χ4v) is 4.14. The van der Waals surface area contributed by atoms with Crippen LogP contribution in [0.25, 0.3) is 0 Å². The molecule has 1 saturated heterocycles. The lowest BCUT2D eigenvalue weighted by Gasteiger charge is -2.35. The van der Waals surface area contributed by atoms with Crippen LogP contribution in [0.4, 0.5) is 4.39 Å². The van der Waals surface area contributed by atoms with E-state index in [1.165, 1.54) is 24.1 Å². The highest BCUT2D eigenvalue weighted by atomic mass is 19.1. The van der Waals surface area contributed by atoms with Crippen molar-refractivity contribution in [1.29, 1.82) is 0 Å². The van der Waals surface area contributed by atoms with Crippen LogP contribution in [0.2, 0.25) is 0 Å². The Hall–Kier alpha value is -2.17. The molecule has 0 unspecified atom stereocenters. The summed E-state index contributed by atoms with van der Waals surface area (Å²) >= 11 is 0. The average molecular weight is 355 g/mol. The normalized spacial score (nSPS) is 21.6. The van der Waals surface area contributed by atoms with E-state index in [4.69, 9.17) is 0 Å². The zero-order chi connectivity index (χ0) is 18.0. The Bertz CT molecular complexity index is 737. The van der Waals surface area contributed by atoms with E-state index >= 15 is 0 Å². The minimum atomic E-state index is -0.217. The van der Waals surface area contributed by atoms with Crippen molar-refractivity contribution in [2.45, 2.75) is 45.1 Å².